The Morgan fingerprint density at radius 1 is 1.67 bits per heavy atom. The van der Waals surface area contributed by atoms with Gasteiger partial charge >= 0.3 is 0 Å². The van der Waals surface area contributed by atoms with Crippen LogP contribution in [0.25, 0.3) is 0 Å². The zero-order valence-electron chi connectivity index (χ0n) is 8.57. The lowest BCUT2D eigenvalue weighted by molar-refractivity contribution is 0.658. The van der Waals surface area contributed by atoms with E-state index < -0.39 is 0 Å². The topological polar surface area (TPSA) is 67.1 Å². The maximum Gasteiger partial charge on any atom is 0.239 e. The van der Waals surface area contributed by atoms with Crippen LogP contribution in [0.5, 0.6) is 0 Å². The first kappa shape index (κ1) is 10.6. The summed E-state index contributed by atoms with van der Waals surface area (Å²) in [5.74, 6) is 7.38. The van der Waals surface area contributed by atoms with Crippen LogP contribution in [0.15, 0.2) is 10.7 Å². The Morgan fingerprint density at radius 3 is 3.07 bits per heavy atom. The van der Waals surface area contributed by atoms with Crippen LogP contribution in [0.4, 0.5) is 11.8 Å². The fourth-order valence-electron chi connectivity index (χ4n) is 1.78. The highest BCUT2D eigenvalue weighted by Crippen LogP contribution is 2.28. The molecule has 2 rings (SSSR count). The van der Waals surface area contributed by atoms with Gasteiger partial charge in [0.25, 0.3) is 0 Å². The molecule has 2 heterocycles. The van der Waals surface area contributed by atoms with Gasteiger partial charge < -0.3 is 4.90 Å². The Morgan fingerprint density at radius 2 is 2.47 bits per heavy atom. The lowest BCUT2D eigenvalue weighted by Gasteiger charge is -2.18. The number of rotatable bonds is 2. The molecule has 15 heavy (non-hydrogen) atoms. The van der Waals surface area contributed by atoms with Gasteiger partial charge in [0.15, 0.2) is 0 Å². The maximum absolute atomic E-state index is 5.29. The fourth-order valence-corrected chi connectivity index (χ4v) is 2.22. The van der Waals surface area contributed by atoms with E-state index in [-0.39, 0.29) is 0 Å². The molecule has 1 atom stereocenters. The van der Waals surface area contributed by atoms with Gasteiger partial charge in [-0.05, 0) is 28.3 Å². The Balaban J connectivity index is 2.26. The summed E-state index contributed by atoms with van der Waals surface area (Å²) in [5, 5.41) is 0. The van der Waals surface area contributed by atoms with Crippen LogP contribution < -0.4 is 16.2 Å². The first-order valence-electron chi connectivity index (χ1n) is 4.95. The van der Waals surface area contributed by atoms with Gasteiger partial charge in [-0.2, -0.15) is 4.98 Å². The van der Waals surface area contributed by atoms with E-state index in [9.17, 15) is 0 Å². The van der Waals surface area contributed by atoms with Crippen molar-refractivity contribution < 1.29 is 0 Å². The molecule has 6 heteroatoms. The molecular formula is C9H14BrN5. The molecule has 0 aromatic carbocycles. The number of aromatic nitrogens is 2. The van der Waals surface area contributed by atoms with Crippen LogP contribution in [0.1, 0.15) is 13.3 Å². The SMILES string of the molecule is CC1CCN(c2nc(NN)ncc2Br)C1. The van der Waals surface area contributed by atoms with Crippen LogP contribution in [-0.4, -0.2) is 23.1 Å². The average molecular weight is 272 g/mol. The van der Waals surface area contributed by atoms with E-state index in [1.54, 1.807) is 6.20 Å². The Hall–Kier alpha value is -0.880. The van der Waals surface area contributed by atoms with Crippen molar-refractivity contribution in [2.45, 2.75) is 13.3 Å². The molecule has 1 unspecified atom stereocenters. The molecule has 1 aliphatic heterocycles. The predicted molar refractivity (Wildman–Crippen MR) is 63.5 cm³/mol. The lowest BCUT2D eigenvalue weighted by atomic mass is 10.2. The number of nitrogens with zero attached hydrogens (tertiary/aromatic N) is 3. The molecule has 0 saturated carbocycles. The summed E-state index contributed by atoms with van der Waals surface area (Å²) in [6.45, 7) is 4.33. The smallest absolute Gasteiger partial charge is 0.239 e. The molecule has 0 aliphatic carbocycles. The van der Waals surface area contributed by atoms with Crippen molar-refractivity contribution in [2.75, 3.05) is 23.4 Å². The van der Waals surface area contributed by atoms with Crippen molar-refractivity contribution in [2.24, 2.45) is 11.8 Å². The largest absolute Gasteiger partial charge is 0.355 e. The molecule has 1 fully saturated rings. The van der Waals surface area contributed by atoms with Crippen LogP contribution in [0.3, 0.4) is 0 Å². The van der Waals surface area contributed by atoms with Crippen LogP contribution in [0, 0.1) is 5.92 Å². The standard InChI is InChI=1S/C9H14BrN5/c1-6-2-3-15(5-6)8-7(10)4-12-9(13-8)14-11/h4,6H,2-3,5,11H2,1H3,(H,12,13,14). The predicted octanol–water partition coefficient (Wildman–Crippen LogP) is 1.37. The molecule has 0 amide bonds. The molecule has 0 bridgehead atoms. The monoisotopic (exact) mass is 271 g/mol. The Bertz CT molecular complexity index is 356. The number of anilines is 2. The number of nitrogens with two attached hydrogens (primary N) is 1. The zero-order valence-corrected chi connectivity index (χ0v) is 10.2. The minimum atomic E-state index is 0.452. The van der Waals surface area contributed by atoms with Gasteiger partial charge in [-0.15, -0.1) is 0 Å². The van der Waals surface area contributed by atoms with E-state index in [2.05, 4.69) is 43.1 Å². The molecule has 3 N–H and O–H groups in total. The minimum absolute atomic E-state index is 0.452. The zero-order chi connectivity index (χ0) is 10.8. The van der Waals surface area contributed by atoms with E-state index in [1.807, 2.05) is 0 Å². The molecule has 1 aliphatic rings. The summed E-state index contributed by atoms with van der Waals surface area (Å²) in [6.07, 6.45) is 2.93. The van der Waals surface area contributed by atoms with Gasteiger partial charge in [-0.25, -0.2) is 10.8 Å². The third kappa shape index (κ3) is 2.21. The quantitative estimate of drug-likeness (QED) is 0.628. The molecule has 1 aromatic rings. The van der Waals surface area contributed by atoms with Crippen molar-refractivity contribution >= 4 is 27.7 Å². The summed E-state index contributed by atoms with van der Waals surface area (Å²) in [7, 11) is 0. The van der Waals surface area contributed by atoms with Crippen LogP contribution in [0.2, 0.25) is 0 Å². The summed E-state index contributed by atoms with van der Waals surface area (Å²) in [6, 6.07) is 0. The van der Waals surface area contributed by atoms with Crippen molar-refractivity contribution in [1.82, 2.24) is 9.97 Å². The van der Waals surface area contributed by atoms with E-state index in [1.165, 1.54) is 6.42 Å². The van der Waals surface area contributed by atoms with Gasteiger partial charge in [0.1, 0.15) is 5.82 Å². The molecule has 1 aromatic heterocycles. The number of hydrogen-bond acceptors (Lipinski definition) is 5. The number of nitrogens with one attached hydrogen (secondary N) is 1. The summed E-state index contributed by atoms with van der Waals surface area (Å²) >= 11 is 3.45. The third-order valence-corrected chi connectivity index (χ3v) is 3.14. The average Bonchev–Trinajstić information content (AvgIpc) is 2.65. The molecule has 0 radical (unpaired) electrons. The maximum atomic E-state index is 5.29. The summed E-state index contributed by atoms with van der Waals surface area (Å²) in [4.78, 5) is 10.6. The summed E-state index contributed by atoms with van der Waals surface area (Å²) in [5.41, 5.74) is 2.46. The number of hydrogen-bond donors (Lipinski definition) is 2. The van der Waals surface area contributed by atoms with Gasteiger partial charge in [0, 0.05) is 19.3 Å². The van der Waals surface area contributed by atoms with Crippen molar-refractivity contribution in [3.8, 4) is 0 Å². The minimum Gasteiger partial charge on any atom is -0.355 e. The molecule has 0 spiro atoms. The number of halogens is 1. The fraction of sp³-hybridized carbons (Fsp3) is 0.556. The first-order valence-corrected chi connectivity index (χ1v) is 5.74. The lowest BCUT2D eigenvalue weighted by Crippen LogP contribution is -2.22. The van der Waals surface area contributed by atoms with E-state index in [0.29, 0.717) is 5.95 Å². The molecule has 5 nitrogen and oxygen atoms in total. The van der Waals surface area contributed by atoms with Gasteiger partial charge in [0.05, 0.1) is 4.47 Å². The molecular weight excluding hydrogens is 258 g/mol. The summed E-state index contributed by atoms with van der Waals surface area (Å²) < 4.78 is 0.913. The first-order chi connectivity index (χ1) is 7.20. The number of nitrogen functional groups attached to an aromatic ring is 1. The second-order valence-electron chi connectivity index (χ2n) is 3.85. The molecule has 82 valence electrons. The highest BCUT2D eigenvalue weighted by molar-refractivity contribution is 9.10. The molecule has 1 saturated heterocycles. The van der Waals surface area contributed by atoms with Gasteiger partial charge in [-0.1, -0.05) is 6.92 Å². The van der Waals surface area contributed by atoms with Gasteiger partial charge in [0.2, 0.25) is 5.95 Å². The normalized spacial score (nSPS) is 20.7. The highest BCUT2D eigenvalue weighted by Gasteiger charge is 2.22. The van der Waals surface area contributed by atoms with E-state index in [4.69, 9.17) is 5.84 Å². The van der Waals surface area contributed by atoms with E-state index >= 15 is 0 Å². The second-order valence-corrected chi connectivity index (χ2v) is 4.70. The highest BCUT2D eigenvalue weighted by atomic mass is 79.9. The van der Waals surface area contributed by atoms with E-state index in [0.717, 1.165) is 29.3 Å². The van der Waals surface area contributed by atoms with Gasteiger partial charge in [-0.3, -0.25) is 5.43 Å². The number of hydrazine groups is 1. The Kier molecular flexibility index (Phi) is 3.06. The van der Waals surface area contributed by atoms with Crippen molar-refractivity contribution in [3.05, 3.63) is 10.7 Å². The van der Waals surface area contributed by atoms with Crippen LogP contribution in [-0.2, 0) is 0 Å². The Labute approximate surface area is 97.2 Å². The van der Waals surface area contributed by atoms with Crippen molar-refractivity contribution in [1.29, 1.82) is 0 Å². The van der Waals surface area contributed by atoms with Crippen LogP contribution >= 0.6 is 15.9 Å². The van der Waals surface area contributed by atoms with Crippen molar-refractivity contribution in [3.63, 3.8) is 0 Å². The second kappa shape index (κ2) is 4.32. The third-order valence-electron chi connectivity index (χ3n) is 2.58.